The lowest BCUT2D eigenvalue weighted by Crippen LogP contribution is -2.11. The van der Waals surface area contributed by atoms with Crippen LogP contribution in [0.5, 0.6) is 17.2 Å². The van der Waals surface area contributed by atoms with E-state index in [1.807, 2.05) is 48.5 Å². The second kappa shape index (κ2) is 7.16. The lowest BCUT2D eigenvalue weighted by Gasteiger charge is -2.20. The minimum absolute atomic E-state index is 0.0385. The first-order valence-electron chi connectivity index (χ1n) is 8.78. The predicted octanol–water partition coefficient (Wildman–Crippen LogP) is 4.78. The highest BCUT2D eigenvalue weighted by molar-refractivity contribution is 5.82. The van der Waals surface area contributed by atoms with Crippen LogP contribution in [0.15, 0.2) is 66.7 Å². The Bertz CT molecular complexity index is 948. The third kappa shape index (κ3) is 3.04. The van der Waals surface area contributed by atoms with Crippen molar-refractivity contribution < 1.29 is 19.0 Å². The summed E-state index contributed by atoms with van der Waals surface area (Å²) in [6, 6.07) is 21.7. The van der Waals surface area contributed by atoms with Gasteiger partial charge in [-0.2, -0.15) is 0 Å². The zero-order chi connectivity index (χ0) is 18.8. The van der Waals surface area contributed by atoms with Gasteiger partial charge in [0.25, 0.3) is 0 Å². The number of benzene rings is 3. The van der Waals surface area contributed by atoms with Gasteiger partial charge >= 0.3 is 0 Å². The van der Waals surface area contributed by atoms with Gasteiger partial charge < -0.3 is 14.2 Å². The molecule has 4 nitrogen and oxygen atoms in total. The van der Waals surface area contributed by atoms with E-state index in [-0.39, 0.29) is 12.0 Å². The highest BCUT2D eigenvalue weighted by Gasteiger charge is 2.38. The number of hydrogen-bond acceptors (Lipinski definition) is 4. The Morgan fingerprint density at radius 3 is 2.19 bits per heavy atom. The minimum atomic E-state index is -0.237. The van der Waals surface area contributed by atoms with Crippen LogP contribution in [0.2, 0.25) is 0 Å². The van der Waals surface area contributed by atoms with E-state index in [1.165, 1.54) is 0 Å². The molecule has 0 fully saturated rings. The first-order chi connectivity index (χ1) is 13.2. The molecular formula is C23H20O4. The van der Waals surface area contributed by atoms with Crippen LogP contribution in [0.1, 0.15) is 39.1 Å². The quantitative estimate of drug-likeness (QED) is 0.614. The number of carbonyl (C=O) groups excluding carboxylic acids is 1. The fourth-order valence-corrected chi connectivity index (χ4v) is 3.65. The Morgan fingerprint density at radius 1 is 0.852 bits per heavy atom. The largest absolute Gasteiger partial charge is 0.497 e. The maximum Gasteiger partial charge on any atom is 0.153 e. The molecule has 3 aromatic carbocycles. The first-order valence-corrected chi connectivity index (χ1v) is 8.78. The molecule has 0 aliphatic carbocycles. The van der Waals surface area contributed by atoms with E-state index < -0.39 is 0 Å². The normalized spacial score (nSPS) is 17.7. The number of carbonyl (C=O) groups is 1. The van der Waals surface area contributed by atoms with Crippen LogP contribution in [-0.2, 0) is 0 Å². The molecule has 4 rings (SSSR count). The van der Waals surface area contributed by atoms with Crippen LogP contribution in [-0.4, -0.2) is 20.5 Å². The Morgan fingerprint density at radius 2 is 1.56 bits per heavy atom. The van der Waals surface area contributed by atoms with Crippen LogP contribution >= 0.6 is 0 Å². The molecule has 0 saturated carbocycles. The molecule has 136 valence electrons. The first kappa shape index (κ1) is 17.2. The van der Waals surface area contributed by atoms with E-state index in [0.717, 1.165) is 28.7 Å². The smallest absolute Gasteiger partial charge is 0.153 e. The van der Waals surface area contributed by atoms with Gasteiger partial charge in [-0.3, -0.25) is 4.79 Å². The molecule has 27 heavy (non-hydrogen) atoms. The van der Waals surface area contributed by atoms with E-state index in [4.69, 9.17) is 14.2 Å². The summed E-state index contributed by atoms with van der Waals surface area (Å²) in [6.45, 7) is 0. The molecule has 1 heterocycles. The number of fused-ring (bicyclic) bond motifs is 1. The molecule has 1 aliphatic rings. The van der Waals surface area contributed by atoms with Gasteiger partial charge in [0.1, 0.15) is 23.4 Å². The summed E-state index contributed by atoms with van der Waals surface area (Å²) in [5, 5.41) is 0. The zero-order valence-electron chi connectivity index (χ0n) is 15.2. The van der Waals surface area contributed by atoms with Gasteiger partial charge in [0, 0.05) is 5.56 Å². The van der Waals surface area contributed by atoms with Crippen molar-refractivity contribution in [1.29, 1.82) is 0 Å². The number of ether oxygens (including phenoxy) is 3. The van der Waals surface area contributed by atoms with Crippen LogP contribution < -0.4 is 14.2 Å². The molecule has 0 amide bonds. The van der Waals surface area contributed by atoms with Crippen molar-refractivity contribution in [2.45, 2.75) is 12.0 Å². The van der Waals surface area contributed by atoms with Crippen molar-refractivity contribution in [3.8, 4) is 17.2 Å². The summed E-state index contributed by atoms with van der Waals surface area (Å²) < 4.78 is 17.0. The monoisotopic (exact) mass is 360 g/mol. The molecule has 0 N–H and O–H groups in total. The Kier molecular flexibility index (Phi) is 4.55. The van der Waals surface area contributed by atoms with Crippen LogP contribution in [0, 0.1) is 0 Å². The number of rotatable bonds is 5. The van der Waals surface area contributed by atoms with E-state index in [2.05, 4.69) is 12.1 Å². The van der Waals surface area contributed by atoms with Crippen molar-refractivity contribution in [3.05, 3.63) is 89.0 Å². The van der Waals surface area contributed by atoms with E-state index >= 15 is 0 Å². The lowest BCUT2D eigenvalue weighted by molar-refractivity contribution is 0.111. The van der Waals surface area contributed by atoms with Crippen molar-refractivity contribution >= 4 is 6.29 Å². The van der Waals surface area contributed by atoms with E-state index in [1.54, 1.807) is 20.3 Å². The van der Waals surface area contributed by atoms with Crippen LogP contribution in [0.4, 0.5) is 0 Å². The molecule has 3 aromatic rings. The van der Waals surface area contributed by atoms with Gasteiger partial charge in [-0.25, -0.2) is 0 Å². The Hall–Kier alpha value is -3.27. The topological polar surface area (TPSA) is 44.8 Å². The molecule has 0 saturated heterocycles. The molecule has 0 bridgehead atoms. The van der Waals surface area contributed by atoms with Crippen molar-refractivity contribution in [3.63, 3.8) is 0 Å². The molecule has 1 aliphatic heterocycles. The molecule has 0 aromatic heterocycles. The van der Waals surface area contributed by atoms with Gasteiger partial charge in [0.2, 0.25) is 0 Å². The van der Waals surface area contributed by atoms with Crippen molar-refractivity contribution in [2.24, 2.45) is 0 Å². The second-order valence-electron chi connectivity index (χ2n) is 6.45. The number of hydrogen-bond donors (Lipinski definition) is 0. The highest BCUT2D eigenvalue weighted by Crippen LogP contribution is 2.51. The average Bonchev–Trinajstić information content (AvgIpc) is 3.13. The maximum absolute atomic E-state index is 11.7. The summed E-state index contributed by atoms with van der Waals surface area (Å²) in [5.74, 6) is 2.03. The molecule has 4 heteroatoms. The number of aldehydes is 1. The predicted molar refractivity (Wildman–Crippen MR) is 103 cm³/mol. The summed E-state index contributed by atoms with van der Waals surface area (Å²) in [6.07, 6.45) is 0.582. The fourth-order valence-electron chi connectivity index (χ4n) is 3.65. The minimum Gasteiger partial charge on any atom is -0.497 e. The van der Waals surface area contributed by atoms with Crippen molar-refractivity contribution in [2.75, 3.05) is 14.2 Å². The van der Waals surface area contributed by atoms with Gasteiger partial charge in [-0.1, -0.05) is 42.5 Å². The molecule has 2 atom stereocenters. The Balaban J connectivity index is 1.87. The second-order valence-corrected chi connectivity index (χ2v) is 6.45. The summed E-state index contributed by atoms with van der Waals surface area (Å²) in [5.41, 5.74) is 3.61. The van der Waals surface area contributed by atoms with Gasteiger partial charge in [-0.15, -0.1) is 0 Å². The van der Waals surface area contributed by atoms with Gasteiger partial charge in [0.15, 0.2) is 6.29 Å². The summed E-state index contributed by atoms with van der Waals surface area (Å²) >= 11 is 0. The lowest BCUT2D eigenvalue weighted by atomic mass is 9.84. The van der Waals surface area contributed by atoms with E-state index in [0.29, 0.717) is 17.1 Å². The average molecular weight is 360 g/mol. The summed E-state index contributed by atoms with van der Waals surface area (Å²) in [7, 11) is 3.25. The van der Waals surface area contributed by atoms with Gasteiger partial charge in [0.05, 0.1) is 25.7 Å². The summed E-state index contributed by atoms with van der Waals surface area (Å²) in [4.78, 5) is 11.7. The third-order valence-corrected chi connectivity index (χ3v) is 4.97. The Labute approximate surface area is 158 Å². The highest BCUT2D eigenvalue weighted by atomic mass is 16.5. The van der Waals surface area contributed by atoms with Gasteiger partial charge in [-0.05, 0) is 35.4 Å². The number of methoxy groups -OCH3 is 2. The third-order valence-electron chi connectivity index (χ3n) is 4.97. The maximum atomic E-state index is 11.7. The molecule has 2 unspecified atom stereocenters. The standard InChI is InChI=1S/C23H20O4/c1-25-18-10-8-16(9-11-18)23-21(15-6-4-3-5-7-15)20-13-19(26-2)12-17(14-24)22(20)27-23/h3-14,21,23H,1-2H3. The molecule has 0 spiro atoms. The van der Waals surface area contributed by atoms with E-state index in [9.17, 15) is 4.79 Å². The van der Waals surface area contributed by atoms with Crippen molar-refractivity contribution in [1.82, 2.24) is 0 Å². The zero-order valence-corrected chi connectivity index (χ0v) is 15.2. The molecule has 0 radical (unpaired) electrons. The fraction of sp³-hybridized carbons (Fsp3) is 0.174. The molecular weight excluding hydrogens is 340 g/mol. The van der Waals surface area contributed by atoms with Crippen LogP contribution in [0.25, 0.3) is 0 Å². The van der Waals surface area contributed by atoms with Crippen LogP contribution in [0.3, 0.4) is 0 Å². The SMILES string of the molecule is COc1ccc(C2Oc3c(C=O)cc(OC)cc3C2c2ccccc2)cc1.